The van der Waals surface area contributed by atoms with Crippen molar-refractivity contribution in [3.05, 3.63) is 65.3 Å². The molecule has 0 bridgehead atoms. The lowest BCUT2D eigenvalue weighted by Gasteiger charge is -2.11. The van der Waals surface area contributed by atoms with Gasteiger partial charge in [0.1, 0.15) is 5.82 Å². The number of carbonyl (C=O) groups excluding carboxylic acids is 1. The standard InChI is InChI=1S/C19H18ClN5O2/c1-2-27-18(26)12-3-8-16(15(20)11-12)24-17-9-10-22-19(25-17)23-14-6-4-13(21)5-7-14/h3-11H,2,21H2,1H3,(H2,22,23,24,25). The molecule has 0 amide bonds. The van der Waals surface area contributed by atoms with Crippen LogP contribution < -0.4 is 16.4 Å². The first-order chi connectivity index (χ1) is 13.0. The number of halogens is 1. The Kier molecular flexibility index (Phi) is 5.73. The fraction of sp³-hybridized carbons (Fsp3) is 0.105. The molecule has 1 aromatic heterocycles. The fourth-order valence-electron chi connectivity index (χ4n) is 2.28. The van der Waals surface area contributed by atoms with E-state index < -0.39 is 5.97 Å². The zero-order valence-corrected chi connectivity index (χ0v) is 15.3. The van der Waals surface area contributed by atoms with Crippen molar-refractivity contribution in [2.75, 3.05) is 23.0 Å². The van der Waals surface area contributed by atoms with Crippen molar-refractivity contribution in [2.24, 2.45) is 0 Å². The topological polar surface area (TPSA) is 102 Å². The Balaban J connectivity index is 1.74. The minimum Gasteiger partial charge on any atom is -0.462 e. The molecule has 4 N–H and O–H groups in total. The number of nitrogen functional groups attached to an aromatic ring is 1. The predicted molar refractivity (Wildman–Crippen MR) is 107 cm³/mol. The number of nitrogens with one attached hydrogen (secondary N) is 2. The summed E-state index contributed by atoms with van der Waals surface area (Å²) in [6.45, 7) is 2.06. The smallest absolute Gasteiger partial charge is 0.338 e. The van der Waals surface area contributed by atoms with Crippen LogP contribution in [0.5, 0.6) is 0 Å². The van der Waals surface area contributed by atoms with Crippen LogP contribution in [0.4, 0.5) is 28.8 Å². The van der Waals surface area contributed by atoms with E-state index in [0.717, 1.165) is 5.69 Å². The summed E-state index contributed by atoms with van der Waals surface area (Å²) in [6, 6.07) is 13.9. The molecule has 8 heteroatoms. The Morgan fingerprint density at radius 2 is 1.93 bits per heavy atom. The van der Waals surface area contributed by atoms with E-state index in [2.05, 4.69) is 20.6 Å². The summed E-state index contributed by atoms with van der Waals surface area (Å²) in [4.78, 5) is 20.4. The maximum atomic E-state index is 11.8. The quantitative estimate of drug-likeness (QED) is 0.429. The highest BCUT2D eigenvalue weighted by Gasteiger charge is 2.10. The number of carbonyl (C=O) groups is 1. The first-order valence-electron chi connectivity index (χ1n) is 8.24. The second-order valence-corrected chi connectivity index (χ2v) is 5.96. The maximum Gasteiger partial charge on any atom is 0.338 e. The van der Waals surface area contributed by atoms with Gasteiger partial charge in [0, 0.05) is 17.6 Å². The van der Waals surface area contributed by atoms with E-state index >= 15 is 0 Å². The molecule has 0 unspecified atom stereocenters. The summed E-state index contributed by atoms with van der Waals surface area (Å²) in [7, 11) is 0. The molecule has 0 fully saturated rings. The van der Waals surface area contributed by atoms with E-state index in [1.807, 2.05) is 12.1 Å². The van der Waals surface area contributed by atoms with Crippen LogP contribution in [0.1, 0.15) is 17.3 Å². The van der Waals surface area contributed by atoms with Crippen molar-refractivity contribution in [3.8, 4) is 0 Å². The van der Waals surface area contributed by atoms with Crippen LogP contribution in [0.2, 0.25) is 5.02 Å². The average molecular weight is 384 g/mol. The van der Waals surface area contributed by atoms with Crippen LogP contribution in [0.3, 0.4) is 0 Å². The van der Waals surface area contributed by atoms with Crippen molar-refractivity contribution >= 4 is 46.4 Å². The predicted octanol–water partition coefficient (Wildman–Crippen LogP) is 4.38. The maximum absolute atomic E-state index is 11.8. The molecular weight excluding hydrogens is 366 g/mol. The van der Waals surface area contributed by atoms with Crippen LogP contribution in [-0.2, 0) is 4.74 Å². The second-order valence-electron chi connectivity index (χ2n) is 5.55. The van der Waals surface area contributed by atoms with E-state index in [1.165, 1.54) is 0 Å². The zero-order chi connectivity index (χ0) is 19.2. The molecule has 0 spiro atoms. The second kappa shape index (κ2) is 8.37. The van der Waals surface area contributed by atoms with Crippen LogP contribution >= 0.6 is 11.6 Å². The first-order valence-corrected chi connectivity index (χ1v) is 8.62. The molecule has 0 radical (unpaired) electrons. The number of aromatic nitrogens is 2. The molecule has 7 nitrogen and oxygen atoms in total. The Morgan fingerprint density at radius 1 is 1.15 bits per heavy atom. The molecule has 0 aliphatic rings. The van der Waals surface area contributed by atoms with Gasteiger partial charge in [0.2, 0.25) is 5.95 Å². The molecule has 3 rings (SSSR count). The lowest BCUT2D eigenvalue weighted by Crippen LogP contribution is -2.05. The third-order valence-corrected chi connectivity index (χ3v) is 3.88. The van der Waals surface area contributed by atoms with E-state index in [0.29, 0.717) is 40.3 Å². The number of ether oxygens (including phenoxy) is 1. The average Bonchev–Trinajstić information content (AvgIpc) is 2.66. The van der Waals surface area contributed by atoms with Gasteiger partial charge in [0.15, 0.2) is 0 Å². The Morgan fingerprint density at radius 3 is 2.63 bits per heavy atom. The van der Waals surface area contributed by atoms with Crippen molar-refractivity contribution in [2.45, 2.75) is 6.92 Å². The van der Waals surface area contributed by atoms with Gasteiger partial charge in [-0.1, -0.05) is 11.6 Å². The van der Waals surface area contributed by atoms with E-state index in [1.54, 1.807) is 49.5 Å². The molecule has 0 saturated heterocycles. The SMILES string of the molecule is CCOC(=O)c1ccc(Nc2ccnc(Nc3ccc(N)cc3)n2)c(Cl)c1. The van der Waals surface area contributed by atoms with Crippen molar-refractivity contribution in [3.63, 3.8) is 0 Å². The Labute approximate surface area is 161 Å². The van der Waals surface area contributed by atoms with E-state index in [-0.39, 0.29) is 0 Å². The summed E-state index contributed by atoms with van der Waals surface area (Å²) in [5, 5.41) is 6.59. The molecular formula is C19H18ClN5O2. The van der Waals surface area contributed by atoms with Crippen molar-refractivity contribution in [1.82, 2.24) is 9.97 Å². The number of hydrogen-bond acceptors (Lipinski definition) is 7. The largest absolute Gasteiger partial charge is 0.462 e. The molecule has 0 aliphatic carbocycles. The van der Waals surface area contributed by atoms with Crippen LogP contribution in [0.15, 0.2) is 54.7 Å². The number of benzene rings is 2. The zero-order valence-electron chi connectivity index (χ0n) is 14.6. The summed E-state index contributed by atoms with van der Waals surface area (Å²) < 4.78 is 4.97. The number of anilines is 5. The summed E-state index contributed by atoms with van der Waals surface area (Å²) in [5.74, 6) is 0.556. The molecule has 0 aliphatic heterocycles. The summed E-state index contributed by atoms with van der Waals surface area (Å²) >= 11 is 6.27. The molecule has 2 aromatic carbocycles. The number of rotatable bonds is 6. The van der Waals surface area contributed by atoms with Gasteiger partial charge >= 0.3 is 5.97 Å². The molecule has 138 valence electrons. The van der Waals surface area contributed by atoms with Gasteiger partial charge in [-0.05, 0) is 55.5 Å². The van der Waals surface area contributed by atoms with Crippen molar-refractivity contribution in [1.29, 1.82) is 0 Å². The number of nitrogens with zero attached hydrogens (tertiary/aromatic N) is 2. The number of esters is 1. The highest BCUT2D eigenvalue weighted by molar-refractivity contribution is 6.33. The third kappa shape index (κ3) is 4.86. The first kappa shape index (κ1) is 18.5. The molecule has 0 saturated carbocycles. The minimum atomic E-state index is -0.414. The van der Waals surface area contributed by atoms with Gasteiger partial charge in [0.25, 0.3) is 0 Å². The van der Waals surface area contributed by atoms with Gasteiger partial charge in [0.05, 0.1) is 22.9 Å². The molecule has 3 aromatic rings. The molecule has 1 heterocycles. The van der Waals surface area contributed by atoms with E-state index in [9.17, 15) is 4.79 Å². The summed E-state index contributed by atoms with van der Waals surface area (Å²) in [6.07, 6.45) is 1.62. The van der Waals surface area contributed by atoms with Gasteiger partial charge < -0.3 is 21.1 Å². The van der Waals surface area contributed by atoms with Crippen LogP contribution in [-0.4, -0.2) is 22.5 Å². The normalized spacial score (nSPS) is 10.3. The van der Waals surface area contributed by atoms with Gasteiger partial charge in [-0.2, -0.15) is 4.98 Å². The van der Waals surface area contributed by atoms with Crippen molar-refractivity contribution < 1.29 is 9.53 Å². The third-order valence-electron chi connectivity index (χ3n) is 3.57. The van der Waals surface area contributed by atoms with Crippen LogP contribution in [0, 0.1) is 0 Å². The van der Waals surface area contributed by atoms with Gasteiger partial charge in [-0.3, -0.25) is 0 Å². The lowest BCUT2D eigenvalue weighted by atomic mass is 10.2. The number of hydrogen-bond donors (Lipinski definition) is 3. The lowest BCUT2D eigenvalue weighted by molar-refractivity contribution is 0.0526. The van der Waals surface area contributed by atoms with E-state index in [4.69, 9.17) is 22.1 Å². The Hall–Kier alpha value is -3.32. The fourth-order valence-corrected chi connectivity index (χ4v) is 2.51. The molecule has 27 heavy (non-hydrogen) atoms. The van der Waals surface area contributed by atoms with Crippen LogP contribution in [0.25, 0.3) is 0 Å². The minimum absolute atomic E-state index is 0.307. The highest BCUT2D eigenvalue weighted by atomic mass is 35.5. The monoisotopic (exact) mass is 383 g/mol. The van der Waals surface area contributed by atoms with Gasteiger partial charge in [-0.15, -0.1) is 0 Å². The van der Waals surface area contributed by atoms with Gasteiger partial charge in [-0.25, -0.2) is 9.78 Å². The highest BCUT2D eigenvalue weighted by Crippen LogP contribution is 2.26. The summed E-state index contributed by atoms with van der Waals surface area (Å²) in [5.41, 5.74) is 8.18. The molecule has 0 atom stereocenters. The number of nitrogens with two attached hydrogens (primary N) is 1. The Bertz CT molecular complexity index is 947.